The first kappa shape index (κ1) is 16.9. The lowest BCUT2D eigenvalue weighted by atomic mass is 10.1. The smallest absolute Gasteiger partial charge is 0.243 e. The van der Waals surface area contributed by atoms with Crippen LogP contribution < -0.4 is 0 Å². The van der Waals surface area contributed by atoms with E-state index in [1.54, 1.807) is 12.1 Å². The molecule has 0 radical (unpaired) electrons. The molecule has 1 aromatic carbocycles. The van der Waals surface area contributed by atoms with E-state index in [0.29, 0.717) is 24.6 Å². The second-order valence-electron chi connectivity index (χ2n) is 5.05. The Hall–Kier alpha value is -1.20. The van der Waals surface area contributed by atoms with Crippen molar-refractivity contribution in [1.82, 2.24) is 4.31 Å². The molecule has 0 aliphatic heterocycles. The zero-order valence-corrected chi connectivity index (χ0v) is 13.4. The summed E-state index contributed by atoms with van der Waals surface area (Å²) in [5.41, 5.74) is 0.522. The van der Waals surface area contributed by atoms with E-state index >= 15 is 0 Å². The van der Waals surface area contributed by atoms with Crippen LogP contribution in [0.1, 0.15) is 44.5 Å². The van der Waals surface area contributed by atoms with E-state index in [1.807, 2.05) is 20.8 Å². The van der Waals surface area contributed by atoms with E-state index < -0.39 is 10.0 Å². The molecule has 0 fully saturated rings. The quantitative estimate of drug-likeness (QED) is 0.727. The molecule has 1 aromatic rings. The summed E-state index contributed by atoms with van der Waals surface area (Å²) >= 11 is 0. The summed E-state index contributed by atoms with van der Waals surface area (Å²) in [6.45, 7) is 8.35. The Morgan fingerprint density at radius 1 is 1.20 bits per heavy atom. The van der Waals surface area contributed by atoms with E-state index in [1.165, 1.54) is 23.4 Å². The van der Waals surface area contributed by atoms with Gasteiger partial charge in [-0.25, -0.2) is 8.42 Å². The van der Waals surface area contributed by atoms with Gasteiger partial charge in [-0.2, -0.15) is 4.31 Å². The van der Waals surface area contributed by atoms with Gasteiger partial charge in [0.05, 0.1) is 4.90 Å². The van der Waals surface area contributed by atoms with Gasteiger partial charge in [-0.3, -0.25) is 4.79 Å². The lowest BCUT2D eigenvalue weighted by Crippen LogP contribution is -2.34. The van der Waals surface area contributed by atoms with Crippen molar-refractivity contribution in [2.75, 3.05) is 13.1 Å². The molecule has 4 nitrogen and oxygen atoms in total. The van der Waals surface area contributed by atoms with Crippen molar-refractivity contribution in [3.05, 3.63) is 29.8 Å². The fourth-order valence-electron chi connectivity index (χ4n) is 1.88. The van der Waals surface area contributed by atoms with Crippen molar-refractivity contribution >= 4 is 15.8 Å². The normalized spacial score (nSPS) is 13.4. The molecule has 1 rings (SSSR count). The Morgan fingerprint density at radius 2 is 1.75 bits per heavy atom. The van der Waals surface area contributed by atoms with E-state index in [2.05, 4.69) is 0 Å². The Morgan fingerprint density at radius 3 is 2.15 bits per heavy atom. The standard InChI is InChI=1S/C15H23NO3S/c1-5-12(3)11-16(6-2)20(18,19)15-9-7-14(8-10-15)13(4)17/h7-10,12H,5-6,11H2,1-4H3. The summed E-state index contributed by atoms with van der Waals surface area (Å²) in [7, 11) is -3.48. The van der Waals surface area contributed by atoms with Gasteiger partial charge in [0.25, 0.3) is 0 Å². The maximum Gasteiger partial charge on any atom is 0.243 e. The number of carbonyl (C=O) groups excluding carboxylic acids is 1. The minimum atomic E-state index is -3.48. The molecule has 0 bridgehead atoms. The number of sulfonamides is 1. The molecular formula is C15H23NO3S. The fourth-order valence-corrected chi connectivity index (χ4v) is 3.45. The Labute approximate surface area is 121 Å². The van der Waals surface area contributed by atoms with Crippen LogP contribution >= 0.6 is 0 Å². The number of hydrogen-bond acceptors (Lipinski definition) is 3. The molecule has 5 heteroatoms. The Kier molecular flexibility index (Phi) is 5.89. The predicted molar refractivity (Wildman–Crippen MR) is 80.3 cm³/mol. The highest BCUT2D eigenvalue weighted by Gasteiger charge is 2.24. The summed E-state index contributed by atoms with van der Waals surface area (Å²) < 4.78 is 26.6. The maximum atomic E-state index is 12.5. The van der Waals surface area contributed by atoms with Gasteiger partial charge in [0, 0.05) is 18.7 Å². The predicted octanol–water partition coefficient (Wildman–Crippen LogP) is 2.95. The molecule has 0 heterocycles. The van der Waals surface area contributed by atoms with Crippen LogP contribution in [0.3, 0.4) is 0 Å². The van der Waals surface area contributed by atoms with Crippen molar-refractivity contribution in [2.24, 2.45) is 5.92 Å². The van der Waals surface area contributed by atoms with Crippen molar-refractivity contribution in [2.45, 2.75) is 39.0 Å². The summed E-state index contributed by atoms with van der Waals surface area (Å²) in [6.07, 6.45) is 0.940. The highest BCUT2D eigenvalue weighted by Crippen LogP contribution is 2.18. The number of nitrogens with zero attached hydrogens (tertiary/aromatic N) is 1. The molecule has 0 spiro atoms. The Balaban J connectivity index is 3.04. The molecule has 0 aliphatic rings. The highest BCUT2D eigenvalue weighted by atomic mass is 32.2. The lowest BCUT2D eigenvalue weighted by Gasteiger charge is -2.23. The molecule has 1 unspecified atom stereocenters. The summed E-state index contributed by atoms with van der Waals surface area (Å²) in [4.78, 5) is 11.5. The van der Waals surface area contributed by atoms with Crippen LogP contribution in [0.15, 0.2) is 29.2 Å². The minimum absolute atomic E-state index is 0.0686. The summed E-state index contributed by atoms with van der Waals surface area (Å²) in [5, 5.41) is 0. The van der Waals surface area contributed by atoms with Gasteiger partial charge in [0.15, 0.2) is 5.78 Å². The van der Waals surface area contributed by atoms with Gasteiger partial charge < -0.3 is 0 Å². The molecule has 0 amide bonds. The number of carbonyl (C=O) groups is 1. The van der Waals surface area contributed by atoms with Crippen LogP contribution in [0.2, 0.25) is 0 Å². The topological polar surface area (TPSA) is 54.5 Å². The van der Waals surface area contributed by atoms with Crippen LogP contribution in [0.25, 0.3) is 0 Å². The first-order valence-electron chi connectivity index (χ1n) is 6.94. The summed E-state index contributed by atoms with van der Waals surface area (Å²) in [6, 6.07) is 6.13. The average Bonchev–Trinajstić information content (AvgIpc) is 2.44. The zero-order chi connectivity index (χ0) is 15.3. The van der Waals surface area contributed by atoms with Gasteiger partial charge in [-0.15, -0.1) is 0 Å². The molecule has 1 atom stereocenters. The maximum absolute atomic E-state index is 12.5. The Bertz CT molecular complexity index is 549. The third-order valence-corrected chi connectivity index (χ3v) is 5.42. The van der Waals surface area contributed by atoms with Gasteiger partial charge >= 0.3 is 0 Å². The molecular weight excluding hydrogens is 274 g/mol. The third-order valence-electron chi connectivity index (χ3n) is 3.46. The van der Waals surface area contributed by atoms with Crippen molar-refractivity contribution in [1.29, 1.82) is 0 Å². The van der Waals surface area contributed by atoms with Crippen LogP contribution in [0, 0.1) is 5.92 Å². The first-order valence-corrected chi connectivity index (χ1v) is 8.38. The van der Waals surface area contributed by atoms with Gasteiger partial charge in [-0.1, -0.05) is 39.3 Å². The van der Waals surface area contributed by atoms with Crippen LogP contribution in [0.5, 0.6) is 0 Å². The van der Waals surface area contributed by atoms with Gasteiger partial charge in [0.2, 0.25) is 10.0 Å². The largest absolute Gasteiger partial charge is 0.295 e. The van der Waals surface area contributed by atoms with Crippen LogP contribution in [0.4, 0.5) is 0 Å². The molecule has 0 aromatic heterocycles. The molecule has 112 valence electrons. The molecule has 0 aliphatic carbocycles. The van der Waals surface area contributed by atoms with Crippen molar-refractivity contribution in [3.63, 3.8) is 0 Å². The van der Waals surface area contributed by atoms with Gasteiger partial charge in [-0.05, 0) is 25.0 Å². The number of hydrogen-bond donors (Lipinski definition) is 0. The van der Waals surface area contributed by atoms with E-state index in [-0.39, 0.29) is 10.7 Å². The molecule has 20 heavy (non-hydrogen) atoms. The molecule has 0 N–H and O–H groups in total. The second kappa shape index (κ2) is 6.99. The minimum Gasteiger partial charge on any atom is -0.295 e. The van der Waals surface area contributed by atoms with Crippen molar-refractivity contribution in [3.8, 4) is 0 Å². The molecule has 0 saturated heterocycles. The second-order valence-corrected chi connectivity index (χ2v) is 6.99. The highest BCUT2D eigenvalue weighted by molar-refractivity contribution is 7.89. The SMILES string of the molecule is CCC(C)CN(CC)S(=O)(=O)c1ccc(C(C)=O)cc1. The average molecular weight is 297 g/mol. The first-order chi connectivity index (χ1) is 9.32. The third kappa shape index (κ3) is 3.90. The van der Waals surface area contributed by atoms with E-state index in [4.69, 9.17) is 0 Å². The monoisotopic (exact) mass is 297 g/mol. The van der Waals surface area contributed by atoms with Crippen LogP contribution in [-0.4, -0.2) is 31.6 Å². The van der Waals surface area contributed by atoms with E-state index in [9.17, 15) is 13.2 Å². The number of ketones is 1. The summed E-state index contributed by atoms with van der Waals surface area (Å²) in [5.74, 6) is 0.252. The van der Waals surface area contributed by atoms with E-state index in [0.717, 1.165) is 6.42 Å². The van der Waals surface area contributed by atoms with Crippen LogP contribution in [-0.2, 0) is 10.0 Å². The fraction of sp³-hybridized carbons (Fsp3) is 0.533. The number of rotatable bonds is 7. The lowest BCUT2D eigenvalue weighted by molar-refractivity contribution is 0.101. The number of benzene rings is 1. The van der Waals surface area contributed by atoms with Crippen molar-refractivity contribution < 1.29 is 13.2 Å². The zero-order valence-electron chi connectivity index (χ0n) is 12.6. The van der Waals surface area contributed by atoms with Gasteiger partial charge in [0.1, 0.15) is 0 Å². The number of Topliss-reactive ketones (excluding diaryl/α,β-unsaturated/α-hetero) is 1. The molecule has 0 saturated carbocycles.